The zero-order valence-electron chi connectivity index (χ0n) is 8.59. The Labute approximate surface area is 87.6 Å². The lowest BCUT2D eigenvalue weighted by atomic mass is 10.3. The summed E-state index contributed by atoms with van der Waals surface area (Å²) < 4.78 is 6.35. The topological polar surface area (TPSA) is 69.0 Å². The third-order valence-electron chi connectivity index (χ3n) is 2.34. The van der Waals surface area contributed by atoms with Gasteiger partial charge in [0.2, 0.25) is 0 Å². The lowest BCUT2D eigenvalue weighted by molar-refractivity contribution is -0.143. The molecule has 1 aromatic rings. The van der Waals surface area contributed by atoms with Gasteiger partial charge in [-0.25, -0.2) is 4.98 Å². The highest BCUT2D eigenvalue weighted by Crippen LogP contribution is 2.19. The van der Waals surface area contributed by atoms with Crippen LogP contribution in [0.3, 0.4) is 0 Å². The van der Waals surface area contributed by atoms with Gasteiger partial charge in [-0.2, -0.15) is 5.10 Å². The zero-order valence-corrected chi connectivity index (χ0v) is 8.59. The Morgan fingerprint density at radius 3 is 3.07 bits per heavy atom. The maximum Gasteiger partial charge on any atom is 0.324 e. The second-order valence-electron chi connectivity index (χ2n) is 3.63. The first-order valence-electron chi connectivity index (χ1n) is 4.96. The molecule has 1 unspecified atom stereocenters. The number of hydrogen-bond acceptors (Lipinski definition) is 5. The molecule has 0 radical (unpaired) electrons. The molecule has 15 heavy (non-hydrogen) atoms. The second kappa shape index (κ2) is 4.39. The van der Waals surface area contributed by atoms with Gasteiger partial charge in [0, 0.05) is 6.04 Å². The van der Waals surface area contributed by atoms with E-state index >= 15 is 0 Å². The van der Waals surface area contributed by atoms with Crippen molar-refractivity contribution in [3.8, 4) is 0 Å². The predicted octanol–water partition coefficient (Wildman–Crippen LogP) is -0.428. The van der Waals surface area contributed by atoms with Crippen LogP contribution in [-0.2, 0) is 16.1 Å². The number of nitrogens with zero attached hydrogens (tertiary/aromatic N) is 3. The van der Waals surface area contributed by atoms with Crippen LogP contribution in [0.2, 0.25) is 0 Å². The van der Waals surface area contributed by atoms with Crippen molar-refractivity contribution in [1.82, 2.24) is 20.1 Å². The summed E-state index contributed by atoms with van der Waals surface area (Å²) in [4.78, 5) is 15.3. The molecule has 1 heterocycles. The minimum Gasteiger partial charge on any atom is -0.468 e. The summed E-state index contributed by atoms with van der Waals surface area (Å²) in [5, 5.41) is 7.17. The van der Waals surface area contributed by atoms with E-state index in [-0.39, 0.29) is 12.0 Å². The standard InChI is InChI=1S/C9H14N4O2/c1-15-9(14)8(12-7-2-3-7)4-13-6-10-5-11-13/h5-8,12H,2-4H2,1H3. The van der Waals surface area contributed by atoms with Crippen LogP contribution in [0.15, 0.2) is 12.7 Å². The van der Waals surface area contributed by atoms with E-state index in [2.05, 4.69) is 15.4 Å². The van der Waals surface area contributed by atoms with Gasteiger partial charge in [-0.3, -0.25) is 9.48 Å². The molecule has 0 aromatic carbocycles. The number of carbonyl (C=O) groups excluding carboxylic acids is 1. The summed E-state index contributed by atoms with van der Waals surface area (Å²) >= 11 is 0. The van der Waals surface area contributed by atoms with Gasteiger partial charge in [0.05, 0.1) is 13.7 Å². The Morgan fingerprint density at radius 1 is 1.73 bits per heavy atom. The number of rotatable bonds is 5. The van der Waals surface area contributed by atoms with E-state index in [1.807, 2.05) is 0 Å². The van der Waals surface area contributed by atoms with Gasteiger partial charge in [-0.1, -0.05) is 0 Å². The summed E-state index contributed by atoms with van der Waals surface area (Å²) in [6.45, 7) is 0.461. The number of nitrogens with one attached hydrogen (secondary N) is 1. The molecule has 1 atom stereocenters. The lowest BCUT2D eigenvalue weighted by Crippen LogP contribution is -2.42. The molecule has 1 aliphatic carbocycles. The Kier molecular flexibility index (Phi) is 2.96. The number of hydrogen-bond donors (Lipinski definition) is 1. The largest absolute Gasteiger partial charge is 0.468 e. The fourth-order valence-corrected chi connectivity index (χ4v) is 1.39. The summed E-state index contributed by atoms with van der Waals surface area (Å²) in [6, 6.07) is 0.127. The molecule has 2 rings (SSSR count). The number of aromatic nitrogens is 3. The van der Waals surface area contributed by atoms with E-state index in [9.17, 15) is 4.79 Å². The van der Waals surface area contributed by atoms with Crippen molar-refractivity contribution in [2.75, 3.05) is 7.11 Å². The highest BCUT2D eigenvalue weighted by molar-refractivity contribution is 5.75. The van der Waals surface area contributed by atoms with Crippen LogP contribution in [0.1, 0.15) is 12.8 Å². The van der Waals surface area contributed by atoms with Gasteiger partial charge in [0.15, 0.2) is 0 Å². The molecule has 0 amide bonds. The molecule has 6 nitrogen and oxygen atoms in total. The fraction of sp³-hybridized carbons (Fsp3) is 0.667. The average Bonchev–Trinajstić information content (AvgIpc) is 2.91. The summed E-state index contributed by atoms with van der Waals surface area (Å²) in [5.41, 5.74) is 0. The molecule has 1 fully saturated rings. The van der Waals surface area contributed by atoms with Gasteiger partial charge >= 0.3 is 5.97 Å². The van der Waals surface area contributed by atoms with Crippen LogP contribution in [-0.4, -0.2) is 39.9 Å². The van der Waals surface area contributed by atoms with E-state index in [0.29, 0.717) is 12.6 Å². The smallest absolute Gasteiger partial charge is 0.324 e. The van der Waals surface area contributed by atoms with Crippen LogP contribution in [0.4, 0.5) is 0 Å². The summed E-state index contributed by atoms with van der Waals surface area (Å²) in [5.74, 6) is -0.252. The number of ether oxygens (including phenoxy) is 1. The number of carbonyl (C=O) groups is 1. The summed E-state index contributed by atoms with van der Waals surface area (Å²) in [7, 11) is 1.39. The highest BCUT2D eigenvalue weighted by Gasteiger charge is 2.29. The van der Waals surface area contributed by atoms with Gasteiger partial charge in [0.1, 0.15) is 18.7 Å². The highest BCUT2D eigenvalue weighted by atomic mass is 16.5. The number of esters is 1. The molecule has 0 bridgehead atoms. The SMILES string of the molecule is COC(=O)C(Cn1cncn1)NC1CC1. The van der Waals surface area contributed by atoms with E-state index in [0.717, 1.165) is 12.8 Å². The van der Waals surface area contributed by atoms with Crippen molar-refractivity contribution in [1.29, 1.82) is 0 Å². The molecule has 1 aromatic heterocycles. The molecular weight excluding hydrogens is 196 g/mol. The molecule has 1 aliphatic rings. The third-order valence-corrected chi connectivity index (χ3v) is 2.34. The minimum atomic E-state index is -0.329. The second-order valence-corrected chi connectivity index (χ2v) is 3.63. The molecular formula is C9H14N4O2. The van der Waals surface area contributed by atoms with E-state index in [1.54, 1.807) is 11.0 Å². The van der Waals surface area contributed by atoms with Crippen LogP contribution < -0.4 is 5.32 Å². The molecule has 0 spiro atoms. The first kappa shape index (κ1) is 10.1. The quantitative estimate of drug-likeness (QED) is 0.668. The van der Waals surface area contributed by atoms with Crippen molar-refractivity contribution in [3.63, 3.8) is 0 Å². The van der Waals surface area contributed by atoms with Crippen molar-refractivity contribution >= 4 is 5.97 Å². The third kappa shape index (κ3) is 2.76. The molecule has 0 aliphatic heterocycles. The first-order chi connectivity index (χ1) is 7.29. The van der Waals surface area contributed by atoms with Crippen molar-refractivity contribution in [3.05, 3.63) is 12.7 Å². The molecule has 82 valence electrons. The van der Waals surface area contributed by atoms with E-state index in [4.69, 9.17) is 4.74 Å². The molecule has 6 heteroatoms. The van der Waals surface area contributed by atoms with Crippen LogP contribution in [0, 0.1) is 0 Å². The Bertz CT molecular complexity index is 321. The zero-order chi connectivity index (χ0) is 10.7. The Balaban J connectivity index is 1.94. The Morgan fingerprint density at radius 2 is 2.53 bits per heavy atom. The molecule has 0 saturated heterocycles. The maximum atomic E-state index is 11.5. The van der Waals surface area contributed by atoms with Crippen LogP contribution in [0.5, 0.6) is 0 Å². The monoisotopic (exact) mass is 210 g/mol. The Hall–Kier alpha value is -1.43. The predicted molar refractivity (Wildman–Crippen MR) is 52.0 cm³/mol. The number of methoxy groups -OCH3 is 1. The van der Waals surface area contributed by atoms with Crippen molar-refractivity contribution in [2.24, 2.45) is 0 Å². The van der Waals surface area contributed by atoms with Gasteiger partial charge in [-0.05, 0) is 12.8 Å². The maximum absolute atomic E-state index is 11.5. The van der Waals surface area contributed by atoms with Crippen molar-refractivity contribution in [2.45, 2.75) is 31.5 Å². The average molecular weight is 210 g/mol. The first-order valence-corrected chi connectivity index (χ1v) is 4.96. The summed E-state index contributed by atoms with van der Waals surface area (Å²) in [6.07, 6.45) is 5.30. The van der Waals surface area contributed by atoms with E-state index in [1.165, 1.54) is 13.4 Å². The lowest BCUT2D eigenvalue weighted by Gasteiger charge is -2.15. The normalized spacial score (nSPS) is 17.4. The fourth-order valence-electron chi connectivity index (χ4n) is 1.39. The van der Waals surface area contributed by atoms with Gasteiger partial charge < -0.3 is 10.1 Å². The molecule has 1 N–H and O–H groups in total. The van der Waals surface area contributed by atoms with Crippen molar-refractivity contribution < 1.29 is 9.53 Å². The van der Waals surface area contributed by atoms with Crippen LogP contribution in [0.25, 0.3) is 0 Å². The van der Waals surface area contributed by atoms with Gasteiger partial charge in [0.25, 0.3) is 0 Å². The van der Waals surface area contributed by atoms with E-state index < -0.39 is 0 Å². The molecule has 1 saturated carbocycles. The minimum absolute atomic E-state index is 0.252. The van der Waals surface area contributed by atoms with Crippen LogP contribution >= 0.6 is 0 Å². The van der Waals surface area contributed by atoms with Gasteiger partial charge in [-0.15, -0.1) is 0 Å².